The van der Waals surface area contributed by atoms with Gasteiger partial charge in [0.15, 0.2) is 11.5 Å². The van der Waals surface area contributed by atoms with Crippen molar-refractivity contribution >= 4 is 22.0 Å². The summed E-state index contributed by atoms with van der Waals surface area (Å²) in [4.78, 5) is 1.40. The molecule has 18 heavy (non-hydrogen) atoms. The van der Waals surface area contributed by atoms with E-state index in [4.69, 9.17) is 5.73 Å². The Morgan fingerprint density at radius 1 is 1.28 bits per heavy atom. The van der Waals surface area contributed by atoms with E-state index in [1.165, 1.54) is 16.9 Å². The number of aromatic nitrogens is 4. The van der Waals surface area contributed by atoms with Gasteiger partial charge < -0.3 is 5.73 Å². The fourth-order valence-corrected chi connectivity index (χ4v) is 3.73. The van der Waals surface area contributed by atoms with Gasteiger partial charge in [-0.15, -0.1) is 21.5 Å². The molecule has 0 aliphatic heterocycles. The van der Waals surface area contributed by atoms with Crippen molar-refractivity contribution in [3.05, 3.63) is 28.8 Å². The van der Waals surface area contributed by atoms with Crippen LogP contribution in [0, 0.1) is 0 Å². The minimum atomic E-state index is 0.754. The Bertz CT molecular complexity index is 742. The Kier molecular flexibility index (Phi) is 1.96. The van der Waals surface area contributed by atoms with Crippen molar-refractivity contribution in [2.45, 2.75) is 19.3 Å². The molecule has 0 unspecified atom stereocenters. The van der Waals surface area contributed by atoms with Gasteiger partial charge in [-0.05, 0) is 37.0 Å². The molecule has 0 fully saturated rings. The Morgan fingerprint density at radius 3 is 3.17 bits per heavy atom. The van der Waals surface area contributed by atoms with E-state index in [9.17, 15) is 0 Å². The number of nitrogens with zero attached hydrogens (tertiary/aromatic N) is 4. The second-order valence-corrected chi connectivity index (χ2v) is 5.55. The molecule has 5 nitrogen and oxygen atoms in total. The zero-order valence-corrected chi connectivity index (χ0v) is 10.4. The molecule has 0 atom stereocenters. The van der Waals surface area contributed by atoms with Crippen molar-refractivity contribution in [2.24, 2.45) is 0 Å². The van der Waals surface area contributed by atoms with Crippen LogP contribution in [0.1, 0.15) is 16.9 Å². The number of aryl methyl sites for hydroxylation is 1. The van der Waals surface area contributed by atoms with E-state index >= 15 is 0 Å². The predicted octanol–water partition coefficient (Wildman–Crippen LogP) is 1.92. The normalized spacial score (nSPS) is 14.2. The molecule has 3 heterocycles. The Balaban J connectivity index is 2.03. The maximum Gasteiger partial charge on any atom is 0.188 e. The summed E-state index contributed by atoms with van der Waals surface area (Å²) in [6.07, 6.45) is 5.16. The standard InChI is InChI=1S/C12H11N5S/c13-11-10(7-3-1-4-8(7)18-11)12-16-15-9-5-2-6-14-17(9)12/h2,5-6H,1,3-4,13H2. The zero-order valence-electron chi connectivity index (χ0n) is 9.63. The van der Waals surface area contributed by atoms with Gasteiger partial charge in [0.05, 0.1) is 10.6 Å². The number of fused-ring (bicyclic) bond motifs is 2. The lowest BCUT2D eigenvalue weighted by atomic mass is 10.1. The predicted molar refractivity (Wildman–Crippen MR) is 70.5 cm³/mol. The number of hydrogen-bond donors (Lipinski definition) is 1. The lowest BCUT2D eigenvalue weighted by molar-refractivity contribution is 0.908. The van der Waals surface area contributed by atoms with E-state index in [1.54, 1.807) is 22.0 Å². The maximum absolute atomic E-state index is 6.14. The summed E-state index contributed by atoms with van der Waals surface area (Å²) in [5, 5.41) is 13.5. The molecule has 0 radical (unpaired) electrons. The maximum atomic E-state index is 6.14. The zero-order chi connectivity index (χ0) is 12.1. The minimum absolute atomic E-state index is 0.754. The van der Waals surface area contributed by atoms with Gasteiger partial charge in [-0.25, -0.2) is 0 Å². The van der Waals surface area contributed by atoms with Crippen LogP contribution in [-0.2, 0) is 12.8 Å². The van der Waals surface area contributed by atoms with Crippen LogP contribution in [0.5, 0.6) is 0 Å². The van der Waals surface area contributed by atoms with Gasteiger partial charge in [0.1, 0.15) is 0 Å². The molecule has 6 heteroatoms. The fraction of sp³-hybridized carbons (Fsp3) is 0.250. The molecule has 0 spiro atoms. The van der Waals surface area contributed by atoms with E-state index in [0.29, 0.717) is 0 Å². The lowest BCUT2D eigenvalue weighted by Gasteiger charge is -2.00. The summed E-state index contributed by atoms with van der Waals surface area (Å²) in [7, 11) is 0. The number of thiophene rings is 1. The number of rotatable bonds is 1. The summed E-state index contributed by atoms with van der Waals surface area (Å²) >= 11 is 1.68. The van der Waals surface area contributed by atoms with Crippen LogP contribution < -0.4 is 5.73 Å². The van der Waals surface area contributed by atoms with Gasteiger partial charge in [0.2, 0.25) is 0 Å². The second kappa shape index (κ2) is 3.52. The molecular formula is C12H11N5S. The van der Waals surface area contributed by atoms with Gasteiger partial charge in [-0.2, -0.15) is 9.61 Å². The minimum Gasteiger partial charge on any atom is -0.390 e. The van der Waals surface area contributed by atoms with Gasteiger partial charge in [-0.3, -0.25) is 0 Å². The first-order valence-electron chi connectivity index (χ1n) is 5.91. The molecule has 3 aromatic rings. The molecule has 4 rings (SSSR count). The first-order valence-corrected chi connectivity index (χ1v) is 6.73. The number of nitrogens with two attached hydrogens (primary N) is 1. The van der Waals surface area contributed by atoms with Gasteiger partial charge in [0, 0.05) is 11.1 Å². The second-order valence-electron chi connectivity index (χ2n) is 4.41. The monoisotopic (exact) mass is 257 g/mol. The summed E-state index contributed by atoms with van der Waals surface area (Å²) in [5.74, 6) is 0.766. The molecule has 0 bridgehead atoms. The quantitative estimate of drug-likeness (QED) is 0.723. The highest BCUT2D eigenvalue weighted by Crippen LogP contribution is 2.42. The van der Waals surface area contributed by atoms with Crippen molar-refractivity contribution in [1.82, 2.24) is 19.8 Å². The third-order valence-electron chi connectivity index (χ3n) is 3.35. The van der Waals surface area contributed by atoms with Crippen molar-refractivity contribution in [3.63, 3.8) is 0 Å². The molecule has 1 aliphatic rings. The molecule has 2 N–H and O–H groups in total. The highest BCUT2D eigenvalue weighted by Gasteiger charge is 2.25. The fourth-order valence-electron chi connectivity index (χ4n) is 2.57. The van der Waals surface area contributed by atoms with E-state index in [0.717, 1.165) is 34.9 Å². The van der Waals surface area contributed by atoms with Crippen LogP contribution in [-0.4, -0.2) is 19.8 Å². The number of hydrogen-bond acceptors (Lipinski definition) is 5. The molecule has 0 aromatic carbocycles. The van der Waals surface area contributed by atoms with Gasteiger partial charge >= 0.3 is 0 Å². The van der Waals surface area contributed by atoms with Crippen LogP contribution in [0.3, 0.4) is 0 Å². The molecular weight excluding hydrogens is 246 g/mol. The number of nitrogen functional groups attached to an aromatic ring is 1. The largest absolute Gasteiger partial charge is 0.390 e. The van der Waals surface area contributed by atoms with E-state index in [2.05, 4.69) is 15.3 Å². The van der Waals surface area contributed by atoms with Crippen molar-refractivity contribution in [1.29, 1.82) is 0 Å². The highest BCUT2D eigenvalue weighted by atomic mass is 32.1. The van der Waals surface area contributed by atoms with Gasteiger partial charge in [-0.1, -0.05) is 0 Å². The molecule has 0 saturated heterocycles. The third kappa shape index (κ3) is 1.23. The molecule has 3 aromatic heterocycles. The number of anilines is 1. The van der Waals surface area contributed by atoms with E-state index < -0.39 is 0 Å². The molecule has 0 saturated carbocycles. The topological polar surface area (TPSA) is 69.1 Å². The van der Waals surface area contributed by atoms with Gasteiger partial charge in [0.25, 0.3) is 0 Å². The summed E-state index contributed by atoms with van der Waals surface area (Å²) in [6.45, 7) is 0. The Morgan fingerprint density at radius 2 is 2.22 bits per heavy atom. The SMILES string of the molecule is Nc1sc2c(c1-c1nnc3cccnn13)CCC2. The van der Waals surface area contributed by atoms with Crippen LogP contribution in [0.15, 0.2) is 18.3 Å². The first-order chi connectivity index (χ1) is 8.84. The lowest BCUT2D eigenvalue weighted by Crippen LogP contribution is -1.97. The van der Waals surface area contributed by atoms with E-state index in [1.807, 2.05) is 12.1 Å². The smallest absolute Gasteiger partial charge is 0.188 e. The average Bonchev–Trinajstić information content (AvgIpc) is 3.03. The Hall–Kier alpha value is -1.95. The molecule has 0 amide bonds. The summed E-state index contributed by atoms with van der Waals surface area (Å²) in [6, 6.07) is 3.75. The van der Waals surface area contributed by atoms with E-state index in [-0.39, 0.29) is 0 Å². The average molecular weight is 257 g/mol. The third-order valence-corrected chi connectivity index (χ3v) is 4.47. The summed E-state index contributed by atoms with van der Waals surface area (Å²) < 4.78 is 1.76. The van der Waals surface area contributed by atoms with Crippen LogP contribution in [0.4, 0.5) is 5.00 Å². The summed E-state index contributed by atoms with van der Waals surface area (Å²) in [5.41, 5.74) is 9.28. The van der Waals surface area contributed by atoms with Crippen LogP contribution in [0.25, 0.3) is 17.0 Å². The molecule has 1 aliphatic carbocycles. The van der Waals surface area contributed by atoms with Crippen LogP contribution >= 0.6 is 11.3 Å². The Labute approximate surface area is 107 Å². The van der Waals surface area contributed by atoms with Crippen molar-refractivity contribution < 1.29 is 0 Å². The van der Waals surface area contributed by atoms with Crippen molar-refractivity contribution in [3.8, 4) is 11.4 Å². The van der Waals surface area contributed by atoms with Crippen LogP contribution in [0.2, 0.25) is 0 Å². The molecule has 90 valence electrons. The van der Waals surface area contributed by atoms with Crippen molar-refractivity contribution in [2.75, 3.05) is 5.73 Å². The highest BCUT2D eigenvalue weighted by molar-refractivity contribution is 7.16. The first kappa shape index (κ1) is 10.0.